The summed E-state index contributed by atoms with van der Waals surface area (Å²) in [7, 11) is 0. The van der Waals surface area contributed by atoms with Crippen LogP contribution in [0.5, 0.6) is 0 Å². The van der Waals surface area contributed by atoms with Gasteiger partial charge in [-0.1, -0.05) is 0 Å². The van der Waals surface area contributed by atoms with Crippen LogP contribution in [0.4, 0.5) is 4.79 Å². The highest BCUT2D eigenvalue weighted by Gasteiger charge is 2.32. The van der Waals surface area contributed by atoms with Gasteiger partial charge in [-0.2, -0.15) is 0 Å². The number of carbonyl (C=O) groups is 3. The van der Waals surface area contributed by atoms with Gasteiger partial charge in [0.2, 0.25) is 5.91 Å². The van der Waals surface area contributed by atoms with E-state index in [9.17, 15) is 14.4 Å². The quantitative estimate of drug-likeness (QED) is 0.660. The van der Waals surface area contributed by atoms with E-state index in [1.165, 1.54) is 4.90 Å². The molecule has 1 aliphatic rings. The maximum absolute atomic E-state index is 12.0. The number of amides is 3. The second kappa shape index (κ2) is 5.90. The van der Waals surface area contributed by atoms with Gasteiger partial charge in [0, 0.05) is 19.1 Å². The van der Waals surface area contributed by atoms with Crippen molar-refractivity contribution in [1.82, 2.24) is 10.2 Å². The molecule has 1 fully saturated rings. The molecule has 3 amide bonds. The molecule has 1 rings (SSSR count). The zero-order chi connectivity index (χ0) is 14.6. The Morgan fingerprint density at radius 1 is 1.42 bits per heavy atom. The maximum atomic E-state index is 12.0. The minimum atomic E-state index is -0.915. The van der Waals surface area contributed by atoms with Gasteiger partial charge in [-0.25, -0.2) is 4.79 Å². The average Bonchev–Trinajstić information content (AvgIpc) is 2.73. The van der Waals surface area contributed by atoms with E-state index in [0.717, 1.165) is 6.42 Å². The number of nitrogens with zero attached hydrogens (tertiary/aromatic N) is 1. The molecule has 0 aromatic carbocycles. The van der Waals surface area contributed by atoms with E-state index in [1.807, 2.05) is 0 Å². The number of hydrogen-bond acceptors (Lipinski definition) is 3. The monoisotopic (exact) mass is 271 g/mol. The van der Waals surface area contributed by atoms with Crippen LogP contribution in [0.1, 0.15) is 33.1 Å². The summed E-state index contributed by atoms with van der Waals surface area (Å²) in [5.74, 6) is -1.40. The molecular formula is C12H21N3O4. The van der Waals surface area contributed by atoms with Crippen molar-refractivity contribution >= 4 is 17.9 Å². The lowest BCUT2D eigenvalue weighted by Crippen LogP contribution is -2.48. The Hall–Kier alpha value is -1.79. The molecule has 1 unspecified atom stereocenters. The molecule has 0 aromatic heterocycles. The van der Waals surface area contributed by atoms with Crippen LogP contribution in [0.2, 0.25) is 0 Å². The first-order valence-electron chi connectivity index (χ1n) is 6.30. The minimum absolute atomic E-state index is 0.0490. The standard InChI is InChI=1S/C12H21N3O4/c1-12(2,10(13)18)7-14-11(19)15-5-3-4-8(15)6-9(16)17/h8H,3-7H2,1-2H3,(H2,13,18)(H,14,19)(H,16,17). The van der Waals surface area contributed by atoms with E-state index in [0.29, 0.717) is 13.0 Å². The van der Waals surface area contributed by atoms with Crippen LogP contribution in [0.15, 0.2) is 0 Å². The van der Waals surface area contributed by atoms with E-state index < -0.39 is 17.3 Å². The highest BCUT2D eigenvalue weighted by atomic mass is 16.4. The third kappa shape index (κ3) is 4.11. The SMILES string of the molecule is CC(C)(CNC(=O)N1CCCC1CC(=O)O)C(N)=O. The number of rotatable bonds is 5. The summed E-state index contributed by atoms with van der Waals surface area (Å²) in [6.07, 6.45) is 1.44. The summed E-state index contributed by atoms with van der Waals surface area (Å²) >= 11 is 0. The lowest BCUT2D eigenvalue weighted by Gasteiger charge is -2.27. The number of urea groups is 1. The Kier molecular flexibility index (Phi) is 4.74. The number of likely N-dealkylation sites (tertiary alicyclic amines) is 1. The molecular weight excluding hydrogens is 250 g/mol. The van der Waals surface area contributed by atoms with Gasteiger partial charge in [0.25, 0.3) is 0 Å². The van der Waals surface area contributed by atoms with Crippen molar-refractivity contribution in [2.75, 3.05) is 13.1 Å². The zero-order valence-electron chi connectivity index (χ0n) is 11.3. The van der Waals surface area contributed by atoms with Crippen LogP contribution < -0.4 is 11.1 Å². The first-order valence-corrected chi connectivity index (χ1v) is 6.30. The molecule has 1 saturated heterocycles. The molecule has 1 aliphatic heterocycles. The highest BCUT2D eigenvalue weighted by molar-refractivity contribution is 5.82. The molecule has 108 valence electrons. The number of hydrogen-bond donors (Lipinski definition) is 3. The van der Waals surface area contributed by atoms with E-state index in [4.69, 9.17) is 10.8 Å². The molecule has 1 atom stereocenters. The van der Waals surface area contributed by atoms with E-state index >= 15 is 0 Å². The van der Waals surface area contributed by atoms with Gasteiger partial charge in [0.1, 0.15) is 0 Å². The molecule has 1 heterocycles. The average molecular weight is 271 g/mol. The van der Waals surface area contributed by atoms with Gasteiger partial charge in [-0.3, -0.25) is 9.59 Å². The summed E-state index contributed by atoms with van der Waals surface area (Å²) in [4.78, 5) is 35.3. The van der Waals surface area contributed by atoms with Crippen LogP contribution in [0, 0.1) is 5.41 Å². The number of nitrogens with one attached hydrogen (secondary N) is 1. The smallest absolute Gasteiger partial charge is 0.317 e. The van der Waals surface area contributed by atoms with Crippen LogP contribution in [-0.4, -0.2) is 47.0 Å². The molecule has 4 N–H and O–H groups in total. The first kappa shape index (κ1) is 15.3. The number of nitrogens with two attached hydrogens (primary N) is 1. The fraction of sp³-hybridized carbons (Fsp3) is 0.750. The summed E-state index contributed by atoms with van der Waals surface area (Å²) in [6, 6.07) is -0.604. The number of carboxylic acids is 1. The number of carboxylic acid groups (broad SMARTS) is 1. The second-order valence-electron chi connectivity index (χ2n) is 5.49. The van der Waals surface area contributed by atoms with Gasteiger partial charge >= 0.3 is 12.0 Å². The number of aliphatic carboxylic acids is 1. The van der Waals surface area contributed by atoms with Crippen LogP contribution in [0.25, 0.3) is 0 Å². The van der Waals surface area contributed by atoms with E-state index in [-0.39, 0.29) is 25.0 Å². The molecule has 0 bridgehead atoms. The summed E-state index contributed by atoms with van der Waals surface area (Å²) < 4.78 is 0. The summed E-state index contributed by atoms with van der Waals surface area (Å²) in [5, 5.41) is 11.4. The molecule has 0 radical (unpaired) electrons. The normalized spacial score (nSPS) is 19.3. The van der Waals surface area contributed by atoms with E-state index in [2.05, 4.69) is 5.32 Å². The fourth-order valence-corrected chi connectivity index (χ4v) is 2.00. The van der Waals surface area contributed by atoms with Crippen LogP contribution in [0.3, 0.4) is 0 Å². The third-order valence-corrected chi connectivity index (χ3v) is 3.40. The molecule has 0 aromatic rings. The maximum Gasteiger partial charge on any atom is 0.317 e. The van der Waals surface area contributed by atoms with Crippen LogP contribution in [-0.2, 0) is 9.59 Å². The topological polar surface area (TPSA) is 113 Å². The van der Waals surface area contributed by atoms with Gasteiger partial charge in [0.05, 0.1) is 11.8 Å². The van der Waals surface area contributed by atoms with Crippen molar-refractivity contribution in [1.29, 1.82) is 0 Å². The minimum Gasteiger partial charge on any atom is -0.481 e. The molecule has 7 heteroatoms. The largest absolute Gasteiger partial charge is 0.481 e. The number of primary amides is 1. The van der Waals surface area contributed by atoms with Crippen molar-refractivity contribution in [3.8, 4) is 0 Å². The fourth-order valence-electron chi connectivity index (χ4n) is 2.00. The lowest BCUT2D eigenvalue weighted by atomic mass is 9.93. The van der Waals surface area contributed by atoms with Crippen molar-refractivity contribution in [2.45, 2.75) is 39.2 Å². The van der Waals surface area contributed by atoms with Gasteiger partial charge in [0.15, 0.2) is 0 Å². The van der Waals surface area contributed by atoms with Gasteiger partial charge in [-0.15, -0.1) is 0 Å². The van der Waals surface area contributed by atoms with Crippen molar-refractivity contribution in [3.05, 3.63) is 0 Å². The molecule has 19 heavy (non-hydrogen) atoms. The molecule has 0 spiro atoms. The Labute approximate surface area is 112 Å². The second-order valence-corrected chi connectivity index (χ2v) is 5.49. The lowest BCUT2D eigenvalue weighted by molar-refractivity contribution is -0.138. The predicted molar refractivity (Wildman–Crippen MR) is 68.4 cm³/mol. The summed E-state index contributed by atoms with van der Waals surface area (Å²) in [6.45, 7) is 3.97. The highest BCUT2D eigenvalue weighted by Crippen LogP contribution is 2.20. The molecule has 0 saturated carbocycles. The van der Waals surface area contributed by atoms with E-state index in [1.54, 1.807) is 13.8 Å². The summed E-state index contributed by atoms with van der Waals surface area (Å²) in [5.41, 5.74) is 4.40. The number of carbonyl (C=O) groups excluding carboxylic acids is 2. The van der Waals surface area contributed by atoms with Crippen molar-refractivity contribution < 1.29 is 19.5 Å². The van der Waals surface area contributed by atoms with Crippen LogP contribution >= 0.6 is 0 Å². The Morgan fingerprint density at radius 2 is 2.05 bits per heavy atom. The Balaban J connectivity index is 2.53. The first-order chi connectivity index (χ1) is 8.74. The molecule has 0 aliphatic carbocycles. The zero-order valence-corrected chi connectivity index (χ0v) is 11.3. The third-order valence-electron chi connectivity index (χ3n) is 3.40. The predicted octanol–water partition coefficient (Wildman–Crippen LogP) is 0.147. The Bertz CT molecular complexity index is 381. The van der Waals surface area contributed by atoms with Gasteiger partial charge < -0.3 is 21.1 Å². The van der Waals surface area contributed by atoms with Crippen molar-refractivity contribution in [2.24, 2.45) is 11.1 Å². The molecule has 7 nitrogen and oxygen atoms in total. The van der Waals surface area contributed by atoms with Gasteiger partial charge in [-0.05, 0) is 26.7 Å². The van der Waals surface area contributed by atoms with Crippen molar-refractivity contribution in [3.63, 3.8) is 0 Å². The Morgan fingerprint density at radius 3 is 2.58 bits per heavy atom.